The molecule has 0 N–H and O–H groups in total. The van der Waals surface area contributed by atoms with Crippen LogP contribution in [-0.4, -0.2) is 0 Å². The van der Waals surface area contributed by atoms with Crippen LogP contribution in [0.5, 0.6) is 0 Å². The van der Waals surface area contributed by atoms with Crippen molar-refractivity contribution in [1.29, 1.82) is 0 Å². The van der Waals surface area contributed by atoms with Gasteiger partial charge in [0.15, 0.2) is 0 Å². The van der Waals surface area contributed by atoms with Crippen molar-refractivity contribution in [3.8, 4) is 33.4 Å². The topological polar surface area (TPSA) is 3.24 Å². The highest BCUT2D eigenvalue weighted by molar-refractivity contribution is 5.98. The van der Waals surface area contributed by atoms with Gasteiger partial charge in [-0.1, -0.05) is 158 Å². The smallest absolute Gasteiger partial charge is 0.0468 e. The van der Waals surface area contributed by atoms with Crippen molar-refractivity contribution >= 4 is 49.4 Å². The summed E-state index contributed by atoms with van der Waals surface area (Å²) in [6.07, 6.45) is 0. The predicted octanol–water partition coefficient (Wildman–Crippen LogP) is 13.6. The van der Waals surface area contributed by atoms with E-state index in [1.165, 1.54) is 65.7 Å². The average molecular weight is 624 g/mol. The Kier molecular flexibility index (Phi) is 7.22. The summed E-state index contributed by atoms with van der Waals surface area (Å²) >= 11 is 0. The summed E-state index contributed by atoms with van der Waals surface area (Å²) in [5.74, 6) is 0. The van der Waals surface area contributed by atoms with E-state index in [0.717, 1.165) is 17.1 Å². The number of hydrogen-bond donors (Lipinski definition) is 0. The molecule has 0 aliphatic heterocycles. The predicted molar refractivity (Wildman–Crippen MR) is 210 cm³/mol. The minimum Gasteiger partial charge on any atom is -0.310 e. The molecule has 0 unspecified atom stereocenters. The van der Waals surface area contributed by atoms with Gasteiger partial charge in [-0.15, -0.1) is 0 Å². The first-order valence-corrected chi connectivity index (χ1v) is 16.8. The lowest BCUT2D eigenvalue weighted by atomic mass is 9.97. The second-order valence-electron chi connectivity index (χ2n) is 12.6. The number of fused-ring (bicyclic) bond motifs is 3. The second kappa shape index (κ2) is 12.3. The largest absolute Gasteiger partial charge is 0.310 e. The molecule has 0 saturated carbocycles. The molecule has 0 atom stereocenters. The molecule has 0 spiro atoms. The zero-order valence-electron chi connectivity index (χ0n) is 27.0. The van der Waals surface area contributed by atoms with Gasteiger partial charge in [0.1, 0.15) is 0 Å². The molecule has 1 nitrogen and oxygen atoms in total. The normalized spacial score (nSPS) is 11.3. The summed E-state index contributed by atoms with van der Waals surface area (Å²) < 4.78 is 0. The maximum atomic E-state index is 2.37. The molecule has 9 rings (SSSR count). The highest BCUT2D eigenvalue weighted by Gasteiger charge is 2.15. The van der Waals surface area contributed by atoms with Crippen LogP contribution < -0.4 is 4.90 Å². The Morgan fingerprint density at radius 1 is 0.245 bits per heavy atom. The first kappa shape index (κ1) is 28.8. The number of nitrogens with zero attached hydrogens (tertiary/aromatic N) is 1. The van der Waals surface area contributed by atoms with E-state index in [2.05, 4.69) is 205 Å². The van der Waals surface area contributed by atoms with Gasteiger partial charge in [-0.25, -0.2) is 0 Å². The third kappa shape index (κ3) is 5.52. The molecule has 1 heteroatoms. The summed E-state index contributed by atoms with van der Waals surface area (Å²) in [4.78, 5) is 2.37. The molecule has 0 bridgehead atoms. The summed E-state index contributed by atoms with van der Waals surface area (Å²) in [6.45, 7) is 0. The SMILES string of the molecule is c1cc(-c2cccc3ccccc23)cc(N(c2ccc(-c3ccc(-c4ccc5ccccc5c4)cc3)cc2)c2ccc3ccccc3c2)c1. The number of hydrogen-bond acceptors (Lipinski definition) is 1. The van der Waals surface area contributed by atoms with E-state index < -0.39 is 0 Å². The molecule has 0 amide bonds. The zero-order chi connectivity index (χ0) is 32.6. The van der Waals surface area contributed by atoms with Crippen LogP contribution in [0.3, 0.4) is 0 Å². The van der Waals surface area contributed by atoms with Crippen molar-refractivity contribution in [2.45, 2.75) is 0 Å². The molecule has 0 aromatic heterocycles. The van der Waals surface area contributed by atoms with Crippen LogP contribution in [0.15, 0.2) is 200 Å². The van der Waals surface area contributed by atoms with Gasteiger partial charge in [0.05, 0.1) is 0 Å². The Labute approximate surface area is 287 Å². The van der Waals surface area contributed by atoms with Crippen LogP contribution >= 0.6 is 0 Å². The van der Waals surface area contributed by atoms with E-state index in [9.17, 15) is 0 Å². The third-order valence-corrected chi connectivity index (χ3v) is 9.62. The summed E-state index contributed by atoms with van der Waals surface area (Å²) in [5.41, 5.74) is 10.6. The summed E-state index contributed by atoms with van der Waals surface area (Å²) in [7, 11) is 0. The fourth-order valence-corrected chi connectivity index (χ4v) is 7.08. The van der Waals surface area contributed by atoms with Crippen molar-refractivity contribution in [1.82, 2.24) is 0 Å². The molecule has 0 aliphatic rings. The molecule has 49 heavy (non-hydrogen) atoms. The summed E-state index contributed by atoms with van der Waals surface area (Å²) in [6, 6.07) is 72.5. The highest BCUT2D eigenvalue weighted by Crippen LogP contribution is 2.40. The Morgan fingerprint density at radius 2 is 0.735 bits per heavy atom. The van der Waals surface area contributed by atoms with Crippen molar-refractivity contribution in [3.05, 3.63) is 200 Å². The van der Waals surface area contributed by atoms with Gasteiger partial charge in [0.25, 0.3) is 0 Å². The second-order valence-corrected chi connectivity index (χ2v) is 12.6. The van der Waals surface area contributed by atoms with Gasteiger partial charge in [0.2, 0.25) is 0 Å². The van der Waals surface area contributed by atoms with Crippen LogP contribution in [0.2, 0.25) is 0 Å². The fraction of sp³-hybridized carbons (Fsp3) is 0. The van der Waals surface area contributed by atoms with Gasteiger partial charge in [-0.3, -0.25) is 0 Å². The van der Waals surface area contributed by atoms with Crippen molar-refractivity contribution < 1.29 is 0 Å². The van der Waals surface area contributed by atoms with E-state index >= 15 is 0 Å². The lowest BCUT2D eigenvalue weighted by Gasteiger charge is -2.26. The molecule has 0 aliphatic carbocycles. The highest BCUT2D eigenvalue weighted by atomic mass is 15.1. The van der Waals surface area contributed by atoms with Crippen LogP contribution in [-0.2, 0) is 0 Å². The first-order valence-electron chi connectivity index (χ1n) is 16.8. The minimum atomic E-state index is 1.11. The molecular formula is C48H33N. The van der Waals surface area contributed by atoms with E-state index in [4.69, 9.17) is 0 Å². The van der Waals surface area contributed by atoms with E-state index in [-0.39, 0.29) is 0 Å². The van der Waals surface area contributed by atoms with Gasteiger partial charge in [-0.2, -0.15) is 0 Å². The minimum absolute atomic E-state index is 1.11. The van der Waals surface area contributed by atoms with Crippen molar-refractivity contribution in [3.63, 3.8) is 0 Å². The zero-order valence-corrected chi connectivity index (χ0v) is 27.0. The third-order valence-electron chi connectivity index (χ3n) is 9.62. The molecule has 9 aromatic carbocycles. The first-order chi connectivity index (χ1) is 24.3. The van der Waals surface area contributed by atoms with Crippen LogP contribution in [0, 0.1) is 0 Å². The van der Waals surface area contributed by atoms with E-state index in [1.54, 1.807) is 0 Å². The maximum absolute atomic E-state index is 2.37. The standard InChI is InChI=1S/C48H33N/c1-3-12-40-31-42(24-23-34(40)9-1)38-21-19-36(20-22-38)37-25-28-44(29-26-37)49(46-30-27-35-10-2-4-13-41(35)32-46)45-16-7-15-43(33-45)48-18-8-14-39-11-5-6-17-47(39)48/h1-33H. The number of anilines is 3. The van der Waals surface area contributed by atoms with Gasteiger partial charge >= 0.3 is 0 Å². The Hall–Kier alpha value is -6.44. The molecule has 0 fully saturated rings. The Bertz CT molecular complexity index is 2590. The van der Waals surface area contributed by atoms with Gasteiger partial charge in [0, 0.05) is 17.1 Å². The molecule has 230 valence electrons. The van der Waals surface area contributed by atoms with Crippen molar-refractivity contribution in [2.24, 2.45) is 0 Å². The van der Waals surface area contributed by atoms with Crippen LogP contribution in [0.1, 0.15) is 0 Å². The van der Waals surface area contributed by atoms with Crippen LogP contribution in [0.4, 0.5) is 17.1 Å². The van der Waals surface area contributed by atoms with Crippen LogP contribution in [0.25, 0.3) is 65.7 Å². The monoisotopic (exact) mass is 623 g/mol. The van der Waals surface area contributed by atoms with Gasteiger partial charge < -0.3 is 4.90 Å². The molecule has 0 saturated heterocycles. The number of rotatable bonds is 6. The lowest BCUT2D eigenvalue weighted by molar-refractivity contribution is 1.29. The number of benzene rings is 9. The maximum Gasteiger partial charge on any atom is 0.0468 e. The van der Waals surface area contributed by atoms with Gasteiger partial charge in [-0.05, 0) is 108 Å². The van der Waals surface area contributed by atoms with Crippen molar-refractivity contribution in [2.75, 3.05) is 4.90 Å². The lowest BCUT2D eigenvalue weighted by Crippen LogP contribution is -2.10. The van der Waals surface area contributed by atoms with E-state index in [1.807, 2.05) is 0 Å². The Balaban J connectivity index is 1.09. The average Bonchev–Trinajstić information content (AvgIpc) is 3.18. The fourth-order valence-electron chi connectivity index (χ4n) is 7.08. The quantitative estimate of drug-likeness (QED) is 0.178. The molecule has 9 aromatic rings. The van der Waals surface area contributed by atoms with E-state index in [0.29, 0.717) is 0 Å². The molecule has 0 heterocycles. The Morgan fingerprint density at radius 3 is 1.47 bits per heavy atom. The summed E-state index contributed by atoms with van der Waals surface area (Å²) in [5, 5.41) is 7.49. The molecular weight excluding hydrogens is 591 g/mol. The molecule has 0 radical (unpaired) electrons.